The summed E-state index contributed by atoms with van der Waals surface area (Å²) in [4.78, 5) is 34.8. The smallest absolute Gasteiger partial charge is 0.318 e. The first kappa shape index (κ1) is 29.2. The first-order chi connectivity index (χ1) is 20.9. The monoisotopic (exact) mass is 599 g/mol. The summed E-state index contributed by atoms with van der Waals surface area (Å²) < 4.78 is 6.29. The molecule has 0 bridgehead atoms. The molecular weight excluding hydrogens is 562 g/mol. The van der Waals surface area contributed by atoms with E-state index in [2.05, 4.69) is 64.4 Å². The number of carbonyl (C=O) groups excluding carboxylic acids is 1. The number of anilines is 2. The van der Waals surface area contributed by atoms with Crippen molar-refractivity contribution in [2.45, 2.75) is 50.9 Å². The second-order valence-corrected chi connectivity index (χ2v) is 12.2. The lowest BCUT2D eigenvalue weighted by atomic mass is 10.0. The van der Waals surface area contributed by atoms with Crippen molar-refractivity contribution in [1.82, 2.24) is 19.8 Å². The average Bonchev–Trinajstić information content (AvgIpc) is 3.88. The molecule has 3 heterocycles. The van der Waals surface area contributed by atoms with E-state index < -0.39 is 0 Å². The van der Waals surface area contributed by atoms with E-state index >= 15 is 0 Å². The highest BCUT2D eigenvalue weighted by Crippen LogP contribution is 2.37. The summed E-state index contributed by atoms with van der Waals surface area (Å²) in [5.41, 5.74) is 3.12. The van der Waals surface area contributed by atoms with Crippen LogP contribution >= 0.6 is 11.6 Å². The van der Waals surface area contributed by atoms with Gasteiger partial charge in [-0.05, 0) is 56.8 Å². The van der Waals surface area contributed by atoms with Crippen LogP contribution in [0.25, 0.3) is 15.6 Å². The summed E-state index contributed by atoms with van der Waals surface area (Å²) >= 11 is 6.70. The van der Waals surface area contributed by atoms with Crippen molar-refractivity contribution in [2.75, 3.05) is 56.2 Å². The highest BCUT2D eigenvalue weighted by atomic mass is 35.5. The highest BCUT2D eigenvalue weighted by molar-refractivity contribution is 6.36. The number of amides is 1. The molecule has 1 aromatic heterocycles. The quantitative estimate of drug-likeness (QED) is 0.258. The number of piperazine rings is 1. The van der Waals surface area contributed by atoms with Crippen LogP contribution in [0.4, 0.5) is 11.5 Å². The first-order valence-corrected chi connectivity index (χ1v) is 15.4. The summed E-state index contributed by atoms with van der Waals surface area (Å²) in [6.45, 7) is 17.1. The number of carbonyl (C=O) groups is 1. The molecule has 2 aromatic carbocycles. The Kier molecular flexibility index (Phi) is 8.42. The molecule has 1 saturated carbocycles. The van der Waals surface area contributed by atoms with Crippen molar-refractivity contribution < 1.29 is 9.53 Å². The van der Waals surface area contributed by atoms with E-state index in [1.807, 2.05) is 12.1 Å². The number of fused-ring (bicyclic) bond motifs is 2. The van der Waals surface area contributed by atoms with E-state index in [-0.39, 0.29) is 24.5 Å². The van der Waals surface area contributed by atoms with Crippen molar-refractivity contribution >= 4 is 39.8 Å². The number of halogens is 1. The van der Waals surface area contributed by atoms with Gasteiger partial charge in [-0.2, -0.15) is 9.97 Å². The summed E-state index contributed by atoms with van der Waals surface area (Å²) in [5, 5.41) is 2.88. The molecule has 6 rings (SSSR count). The van der Waals surface area contributed by atoms with Crippen LogP contribution in [0.5, 0.6) is 6.01 Å². The number of nitrogens with zero attached hydrogens (tertiary/aromatic N) is 7. The van der Waals surface area contributed by atoms with Crippen molar-refractivity contribution in [3.63, 3.8) is 0 Å². The van der Waals surface area contributed by atoms with Crippen LogP contribution in [0, 0.1) is 6.57 Å². The van der Waals surface area contributed by atoms with Gasteiger partial charge in [-0.15, -0.1) is 0 Å². The number of rotatable bonds is 9. The predicted molar refractivity (Wildman–Crippen MR) is 171 cm³/mol. The molecule has 2 atom stereocenters. The fraction of sp³-hybridized carbons (Fsp3) is 0.455. The van der Waals surface area contributed by atoms with Crippen LogP contribution in [0.3, 0.4) is 0 Å². The molecule has 1 amide bonds. The van der Waals surface area contributed by atoms with Gasteiger partial charge in [0, 0.05) is 54.9 Å². The minimum atomic E-state index is -0.239. The number of ether oxygens (including phenoxy) is 1. The van der Waals surface area contributed by atoms with Gasteiger partial charge in [-0.1, -0.05) is 42.4 Å². The Balaban J connectivity index is 1.33. The lowest BCUT2D eigenvalue weighted by molar-refractivity contribution is -0.128. The van der Waals surface area contributed by atoms with Crippen LogP contribution in [0.15, 0.2) is 49.1 Å². The molecule has 1 aliphatic carbocycles. The molecule has 3 aromatic rings. The number of benzene rings is 2. The van der Waals surface area contributed by atoms with Gasteiger partial charge in [0.2, 0.25) is 12.5 Å². The molecule has 1 saturated heterocycles. The maximum Gasteiger partial charge on any atom is 0.318 e. The largest absolute Gasteiger partial charge is 0.462 e. The summed E-state index contributed by atoms with van der Waals surface area (Å²) in [6.07, 6.45) is 4.56. The number of aromatic nitrogens is 2. The summed E-state index contributed by atoms with van der Waals surface area (Å²) in [7, 11) is 2.15. The Hall–Kier alpha value is -3.87. The van der Waals surface area contributed by atoms with Crippen molar-refractivity contribution in [3.05, 3.63) is 76.8 Å². The van der Waals surface area contributed by atoms with Crippen LogP contribution in [0.2, 0.25) is 5.02 Å². The van der Waals surface area contributed by atoms with Crippen LogP contribution in [-0.4, -0.2) is 90.2 Å². The van der Waals surface area contributed by atoms with E-state index in [0.29, 0.717) is 44.8 Å². The van der Waals surface area contributed by atoms with Crippen LogP contribution in [-0.2, 0) is 17.8 Å². The third-order valence-corrected chi connectivity index (χ3v) is 9.32. The molecule has 0 N–H and O–H groups in total. The Bertz CT molecular complexity index is 1560. The van der Waals surface area contributed by atoms with E-state index in [0.717, 1.165) is 51.5 Å². The lowest BCUT2D eigenvalue weighted by Gasteiger charge is -2.41. The normalized spacial score (nSPS) is 19.2. The third kappa shape index (κ3) is 5.99. The standard InChI is InChI=1S/C33H38ClN7O2/c1-5-30(42)41-17-16-40(19-25(41)18-35-3)32-26-14-15-39(29-11-7-9-23-8-6-10-27(34)31(23)29)20-28(26)36-33(37-32)43-21-22(2)38(4)24-12-13-24/h5-11,22,24-25H,1,12-21H2,2,4H3/t22-,25+/m1/s1. The molecule has 3 aliphatic rings. The Morgan fingerprint density at radius 1 is 1.21 bits per heavy atom. The zero-order valence-electron chi connectivity index (χ0n) is 24.9. The average molecular weight is 600 g/mol. The molecule has 0 radical (unpaired) electrons. The van der Waals surface area contributed by atoms with Gasteiger partial charge in [0.1, 0.15) is 18.5 Å². The second kappa shape index (κ2) is 12.4. The lowest BCUT2D eigenvalue weighted by Crippen LogP contribution is -2.56. The molecule has 0 spiro atoms. The summed E-state index contributed by atoms with van der Waals surface area (Å²) in [6, 6.07) is 13.3. The van der Waals surface area contributed by atoms with Crippen LogP contribution in [0.1, 0.15) is 31.0 Å². The number of hydrogen-bond acceptors (Lipinski definition) is 7. The molecule has 224 valence electrons. The van der Waals surface area contributed by atoms with E-state index in [1.165, 1.54) is 18.9 Å². The second-order valence-electron chi connectivity index (χ2n) is 11.8. The third-order valence-electron chi connectivity index (χ3n) is 9.01. The van der Waals surface area contributed by atoms with Crippen LogP contribution < -0.4 is 14.5 Å². The first-order valence-electron chi connectivity index (χ1n) is 15.1. The molecule has 9 nitrogen and oxygen atoms in total. The van der Waals surface area contributed by atoms with E-state index in [4.69, 9.17) is 32.9 Å². The zero-order valence-corrected chi connectivity index (χ0v) is 25.6. The number of likely N-dealkylation sites (N-methyl/N-ethyl adjacent to an activating group) is 1. The maximum absolute atomic E-state index is 12.5. The predicted octanol–water partition coefficient (Wildman–Crippen LogP) is 4.83. The minimum absolute atomic E-state index is 0.139. The minimum Gasteiger partial charge on any atom is -0.462 e. The summed E-state index contributed by atoms with van der Waals surface area (Å²) in [5.74, 6) is 0.708. The van der Waals surface area contributed by atoms with Gasteiger partial charge in [0.15, 0.2) is 0 Å². The van der Waals surface area contributed by atoms with Crippen molar-refractivity contribution in [3.8, 4) is 6.01 Å². The fourth-order valence-electron chi connectivity index (χ4n) is 6.33. The van der Waals surface area contributed by atoms with Crippen molar-refractivity contribution in [2.24, 2.45) is 0 Å². The molecule has 43 heavy (non-hydrogen) atoms. The van der Waals surface area contributed by atoms with Gasteiger partial charge in [-0.3, -0.25) is 9.69 Å². The molecular formula is C33H38ClN7O2. The van der Waals surface area contributed by atoms with Gasteiger partial charge in [0.25, 0.3) is 0 Å². The molecule has 10 heteroatoms. The topological polar surface area (TPSA) is 69.4 Å². The van der Waals surface area contributed by atoms with Gasteiger partial charge in [0.05, 0.1) is 17.3 Å². The maximum atomic E-state index is 12.5. The van der Waals surface area contributed by atoms with Crippen molar-refractivity contribution in [1.29, 1.82) is 0 Å². The molecule has 2 aliphatic heterocycles. The highest BCUT2D eigenvalue weighted by Gasteiger charge is 2.35. The zero-order chi connectivity index (χ0) is 30.1. The SMILES string of the molecule is [C-]#[N+]C[C@H]1CN(c2nc(OC[C@@H](C)N(C)C3CC3)nc3c2CCN(c2cccc4cccc(Cl)c24)C3)CCN1C(=O)C=C. The Labute approximate surface area is 258 Å². The number of hydrogen-bond donors (Lipinski definition) is 0. The van der Waals surface area contributed by atoms with E-state index in [9.17, 15) is 4.79 Å². The van der Waals surface area contributed by atoms with E-state index in [1.54, 1.807) is 4.90 Å². The molecule has 0 unspecified atom stereocenters. The van der Waals surface area contributed by atoms with Gasteiger partial charge in [-0.25, -0.2) is 6.57 Å². The Morgan fingerprint density at radius 2 is 2.00 bits per heavy atom. The van der Waals surface area contributed by atoms with Gasteiger partial charge < -0.3 is 24.3 Å². The van der Waals surface area contributed by atoms with Gasteiger partial charge >= 0.3 is 6.01 Å². The Morgan fingerprint density at radius 3 is 2.74 bits per heavy atom. The molecule has 2 fully saturated rings. The fourth-order valence-corrected chi connectivity index (χ4v) is 6.61.